The van der Waals surface area contributed by atoms with E-state index in [0.29, 0.717) is 24.3 Å². The Morgan fingerprint density at radius 2 is 1.89 bits per heavy atom. The molecule has 1 N–H and O–H groups in total. The summed E-state index contributed by atoms with van der Waals surface area (Å²) >= 11 is 0. The van der Waals surface area contributed by atoms with Crippen molar-refractivity contribution >= 4 is 11.7 Å². The molecule has 1 rings (SSSR count). The average Bonchev–Trinajstić information content (AvgIpc) is 2.43. The van der Waals surface area contributed by atoms with Crippen LogP contribution in [0.5, 0.6) is 5.75 Å². The highest BCUT2D eigenvalue weighted by atomic mass is 16.5. The summed E-state index contributed by atoms with van der Waals surface area (Å²) in [5, 5.41) is 2.75. The van der Waals surface area contributed by atoms with Crippen molar-refractivity contribution in [3.05, 3.63) is 29.8 Å². The lowest BCUT2D eigenvalue weighted by Gasteiger charge is -2.10. The number of carbonyl (C=O) groups is 2. The normalized spacial score (nSPS) is 11.7. The van der Waals surface area contributed by atoms with Gasteiger partial charge in [0, 0.05) is 24.4 Å². The van der Waals surface area contributed by atoms with Gasteiger partial charge >= 0.3 is 0 Å². The molecule has 0 saturated carbocycles. The first-order chi connectivity index (χ1) is 8.58. The highest BCUT2D eigenvalue weighted by Gasteiger charge is 2.12. The summed E-state index contributed by atoms with van der Waals surface area (Å²) < 4.78 is 5.02. The van der Waals surface area contributed by atoms with Gasteiger partial charge in [-0.2, -0.15) is 0 Å². The number of hydrogen-bond acceptors (Lipinski definition) is 3. The maximum atomic E-state index is 11.8. The van der Waals surface area contributed by atoms with Crippen LogP contribution < -0.4 is 10.1 Å². The number of hydrogen-bond donors (Lipinski definition) is 1. The fourth-order valence-electron chi connectivity index (χ4n) is 1.55. The Bertz CT molecular complexity index is 412. The molecule has 0 heterocycles. The van der Waals surface area contributed by atoms with E-state index in [2.05, 4.69) is 5.32 Å². The number of carbonyl (C=O) groups excluding carboxylic acids is 2. The lowest BCUT2D eigenvalue weighted by molar-refractivity contribution is -0.121. The number of Topliss-reactive ketones (excluding diaryl/α,β-unsaturated/α-hetero) is 1. The fraction of sp³-hybridized carbons (Fsp3) is 0.429. The summed E-state index contributed by atoms with van der Waals surface area (Å²) in [6, 6.07) is 6.85. The largest absolute Gasteiger partial charge is 0.497 e. The van der Waals surface area contributed by atoms with Crippen molar-refractivity contribution in [3.63, 3.8) is 0 Å². The van der Waals surface area contributed by atoms with Gasteiger partial charge in [-0.05, 0) is 24.3 Å². The molecule has 98 valence electrons. The number of benzene rings is 1. The van der Waals surface area contributed by atoms with E-state index in [9.17, 15) is 9.59 Å². The molecule has 0 aliphatic rings. The molecule has 1 aromatic carbocycles. The van der Waals surface area contributed by atoms with Crippen LogP contribution in [0.15, 0.2) is 24.3 Å². The molecule has 1 unspecified atom stereocenters. The summed E-state index contributed by atoms with van der Waals surface area (Å²) in [6.45, 7) is 4.02. The first-order valence-electron chi connectivity index (χ1n) is 6.03. The van der Waals surface area contributed by atoms with Gasteiger partial charge in [0.15, 0.2) is 0 Å². The minimum absolute atomic E-state index is 0.141. The fourth-order valence-corrected chi connectivity index (χ4v) is 1.55. The molecule has 0 fully saturated rings. The molecule has 0 bridgehead atoms. The molecular formula is C14H19NO3. The molecule has 0 aliphatic heterocycles. The molecule has 18 heavy (non-hydrogen) atoms. The Morgan fingerprint density at radius 1 is 1.28 bits per heavy atom. The van der Waals surface area contributed by atoms with Gasteiger partial charge in [0.05, 0.1) is 7.11 Å². The summed E-state index contributed by atoms with van der Waals surface area (Å²) in [5.41, 5.74) is 0.562. The van der Waals surface area contributed by atoms with E-state index in [0.717, 1.165) is 0 Å². The second-order valence-corrected chi connectivity index (χ2v) is 4.16. The number of methoxy groups -OCH3 is 1. The molecule has 4 nitrogen and oxygen atoms in total. The molecule has 1 amide bonds. The van der Waals surface area contributed by atoms with Crippen LogP contribution in [0.3, 0.4) is 0 Å². The second kappa shape index (κ2) is 6.79. The van der Waals surface area contributed by atoms with E-state index in [1.807, 2.05) is 13.8 Å². The minimum Gasteiger partial charge on any atom is -0.497 e. The molecule has 4 heteroatoms. The van der Waals surface area contributed by atoms with E-state index in [-0.39, 0.29) is 17.6 Å². The average molecular weight is 249 g/mol. The van der Waals surface area contributed by atoms with Gasteiger partial charge in [0.2, 0.25) is 0 Å². The Kier molecular flexibility index (Phi) is 5.36. The number of rotatable bonds is 6. The monoisotopic (exact) mass is 249 g/mol. The third-order valence-corrected chi connectivity index (χ3v) is 2.82. The lowest BCUT2D eigenvalue weighted by Crippen LogP contribution is -2.31. The molecule has 0 aliphatic carbocycles. The van der Waals surface area contributed by atoms with Crippen LogP contribution in [0, 0.1) is 5.92 Å². The smallest absolute Gasteiger partial charge is 0.251 e. The van der Waals surface area contributed by atoms with Crippen LogP contribution in [-0.2, 0) is 4.79 Å². The van der Waals surface area contributed by atoms with Gasteiger partial charge in [-0.1, -0.05) is 13.8 Å². The Morgan fingerprint density at radius 3 is 2.39 bits per heavy atom. The van der Waals surface area contributed by atoms with Crippen molar-refractivity contribution in [1.82, 2.24) is 5.32 Å². The second-order valence-electron chi connectivity index (χ2n) is 4.16. The summed E-state index contributed by atoms with van der Waals surface area (Å²) in [7, 11) is 1.58. The molecule has 0 radical (unpaired) electrons. The standard InChI is InChI=1S/C14H19NO3/c1-4-13(16)10(2)9-15-14(17)11-5-7-12(18-3)8-6-11/h5-8,10H,4,9H2,1-3H3,(H,15,17). The maximum absolute atomic E-state index is 11.8. The highest BCUT2D eigenvalue weighted by molar-refractivity contribution is 5.94. The quantitative estimate of drug-likeness (QED) is 0.839. The van der Waals surface area contributed by atoms with Gasteiger partial charge in [-0.25, -0.2) is 0 Å². The third kappa shape index (κ3) is 3.87. The molecule has 1 atom stereocenters. The zero-order chi connectivity index (χ0) is 13.5. The predicted octanol–water partition coefficient (Wildman–Crippen LogP) is 2.04. The number of amides is 1. The van der Waals surface area contributed by atoms with Gasteiger partial charge in [0.25, 0.3) is 5.91 Å². The molecule has 1 aromatic rings. The predicted molar refractivity (Wildman–Crippen MR) is 69.8 cm³/mol. The SMILES string of the molecule is CCC(=O)C(C)CNC(=O)c1ccc(OC)cc1. The summed E-state index contributed by atoms with van der Waals surface area (Å²) in [5.74, 6) is 0.553. The Hall–Kier alpha value is -1.84. The van der Waals surface area contributed by atoms with Crippen molar-refractivity contribution < 1.29 is 14.3 Å². The third-order valence-electron chi connectivity index (χ3n) is 2.82. The summed E-state index contributed by atoms with van der Waals surface area (Å²) in [4.78, 5) is 23.2. The lowest BCUT2D eigenvalue weighted by atomic mass is 10.0. The van der Waals surface area contributed by atoms with Crippen molar-refractivity contribution in [2.75, 3.05) is 13.7 Å². The van der Waals surface area contributed by atoms with E-state index >= 15 is 0 Å². The first kappa shape index (κ1) is 14.2. The molecule has 0 aromatic heterocycles. The van der Waals surface area contributed by atoms with Crippen molar-refractivity contribution in [3.8, 4) is 5.75 Å². The van der Waals surface area contributed by atoms with Gasteiger partial charge in [-0.3, -0.25) is 9.59 Å². The molecule has 0 saturated heterocycles. The molecular weight excluding hydrogens is 230 g/mol. The van der Waals surface area contributed by atoms with Crippen molar-refractivity contribution in [1.29, 1.82) is 0 Å². The van der Waals surface area contributed by atoms with Crippen molar-refractivity contribution in [2.45, 2.75) is 20.3 Å². The number of ether oxygens (including phenoxy) is 1. The Balaban J connectivity index is 2.52. The van der Waals surface area contributed by atoms with Gasteiger partial charge < -0.3 is 10.1 Å². The van der Waals surface area contributed by atoms with Crippen LogP contribution >= 0.6 is 0 Å². The highest BCUT2D eigenvalue weighted by Crippen LogP contribution is 2.11. The number of nitrogens with one attached hydrogen (secondary N) is 1. The van der Waals surface area contributed by atoms with Crippen LogP contribution in [0.2, 0.25) is 0 Å². The first-order valence-corrected chi connectivity index (χ1v) is 6.03. The number of ketones is 1. The topological polar surface area (TPSA) is 55.4 Å². The van der Waals surface area contributed by atoms with E-state index < -0.39 is 0 Å². The summed E-state index contributed by atoms with van der Waals surface area (Å²) in [6.07, 6.45) is 0.500. The van der Waals surface area contributed by atoms with Crippen LogP contribution in [0.4, 0.5) is 0 Å². The van der Waals surface area contributed by atoms with Crippen molar-refractivity contribution in [2.24, 2.45) is 5.92 Å². The zero-order valence-corrected chi connectivity index (χ0v) is 11.0. The molecule has 0 spiro atoms. The van der Waals surface area contributed by atoms with E-state index in [4.69, 9.17) is 4.74 Å². The van der Waals surface area contributed by atoms with E-state index in [1.54, 1.807) is 31.4 Å². The zero-order valence-electron chi connectivity index (χ0n) is 11.0. The van der Waals surface area contributed by atoms with Crippen LogP contribution in [0.25, 0.3) is 0 Å². The van der Waals surface area contributed by atoms with Crippen LogP contribution in [-0.4, -0.2) is 25.3 Å². The Labute approximate surface area is 107 Å². The van der Waals surface area contributed by atoms with Gasteiger partial charge in [0.1, 0.15) is 11.5 Å². The van der Waals surface area contributed by atoms with Gasteiger partial charge in [-0.15, -0.1) is 0 Å². The van der Waals surface area contributed by atoms with E-state index in [1.165, 1.54) is 0 Å². The van der Waals surface area contributed by atoms with Crippen LogP contribution in [0.1, 0.15) is 30.6 Å². The maximum Gasteiger partial charge on any atom is 0.251 e. The minimum atomic E-state index is -0.173.